The lowest BCUT2D eigenvalue weighted by molar-refractivity contribution is -0.117. The topological polar surface area (TPSA) is 76.7 Å². The molecule has 2 N–H and O–H groups in total. The predicted octanol–water partition coefficient (Wildman–Crippen LogP) is 3.23. The smallest absolute Gasteiger partial charge is 0.228 e. The van der Waals surface area contributed by atoms with Gasteiger partial charge in [-0.1, -0.05) is 0 Å². The minimum atomic E-state index is -0.161. The second-order valence-corrected chi connectivity index (χ2v) is 6.24. The van der Waals surface area contributed by atoms with Gasteiger partial charge in [-0.15, -0.1) is 0 Å². The van der Waals surface area contributed by atoms with Crippen molar-refractivity contribution in [2.45, 2.75) is 19.3 Å². The highest BCUT2D eigenvalue weighted by molar-refractivity contribution is 5.95. The van der Waals surface area contributed by atoms with Gasteiger partial charge in [0.15, 0.2) is 0 Å². The first kappa shape index (κ1) is 17.8. The highest BCUT2D eigenvalue weighted by atomic mass is 16.5. The molecule has 0 saturated heterocycles. The van der Waals surface area contributed by atoms with Crippen LogP contribution in [0.3, 0.4) is 0 Å². The van der Waals surface area contributed by atoms with Gasteiger partial charge in [0.25, 0.3) is 0 Å². The maximum Gasteiger partial charge on any atom is 0.228 e. The van der Waals surface area contributed by atoms with Gasteiger partial charge in [-0.25, -0.2) is 0 Å². The van der Waals surface area contributed by atoms with Crippen LogP contribution < -0.4 is 20.1 Å². The molecule has 6 heteroatoms. The lowest BCUT2D eigenvalue weighted by Crippen LogP contribution is -2.15. The Labute approximate surface area is 152 Å². The van der Waals surface area contributed by atoms with E-state index in [1.165, 1.54) is 0 Å². The van der Waals surface area contributed by atoms with E-state index in [9.17, 15) is 9.59 Å². The molecule has 1 saturated carbocycles. The molecule has 0 atom stereocenters. The molecule has 136 valence electrons. The van der Waals surface area contributed by atoms with E-state index in [0.717, 1.165) is 24.1 Å². The van der Waals surface area contributed by atoms with Gasteiger partial charge in [0, 0.05) is 22.9 Å². The van der Waals surface area contributed by atoms with Crippen molar-refractivity contribution in [2.75, 3.05) is 24.9 Å². The normalized spacial score (nSPS) is 13.0. The summed E-state index contributed by atoms with van der Waals surface area (Å²) in [6.07, 6.45) is 2.10. The number of anilines is 2. The minimum Gasteiger partial charge on any atom is -0.497 e. The zero-order valence-electron chi connectivity index (χ0n) is 14.9. The van der Waals surface area contributed by atoms with E-state index in [0.29, 0.717) is 17.2 Å². The summed E-state index contributed by atoms with van der Waals surface area (Å²) in [5, 5.41) is 5.72. The molecule has 0 spiro atoms. The second kappa shape index (κ2) is 7.91. The zero-order valence-corrected chi connectivity index (χ0v) is 14.9. The Morgan fingerprint density at radius 3 is 2.19 bits per heavy atom. The predicted molar refractivity (Wildman–Crippen MR) is 99.7 cm³/mol. The van der Waals surface area contributed by atoms with Gasteiger partial charge in [0.2, 0.25) is 11.8 Å². The number of amides is 2. The molecule has 0 aromatic heterocycles. The molecule has 0 radical (unpaired) electrons. The van der Waals surface area contributed by atoms with Crippen molar-refractivity contribution >= 4 is 23.2 Å². The van der Waals surface area contributed by atoms with Gasteiger partial charge in [-0.2, -0.15) is 0 Å². The van der Waals surface area contributed by atoms with E-state index in [1.807, 2.05) is 0 Å². The first-order valence-corrected chi connectivity index (χ1v) is 8.50. The monoisotopic (exact) mass is 354 g/mol. The summed E-state index contributed by atoms with van der Waals surface area (Å²) in [6, 6.07) is 12.4. The number of rotatable bonds is 7. The first-order chi connectivity index (χ1) is 12.6. The van der Waals surface area contributed by atoms with Crippen molar-refractivity contribution in [1.82, 2.24) is 0 Å². The van der Waals surface area contributed by atoms with Crippen LogP contribution in [0.4, 0.5) is 11.4 Å². The number of hydrogen-bond acceptors (Lipinski definition) is 4. The van der Waals surface area contributed by atoms with Crippen LogP contribution in [0.5, 0.6) is 11.5 Å². The highest BCUT2D eigenvalue weighted by Gasteiger charge is 2.29. The molecule has 3 rings (SSSR count). The van der Waals surface area contributed by atoms with Gasteiger partial charge in [0.05, 0.1) is 20.6 Å². The lowest BCUT2D eigenvalue weighted by atomic mass is 10.1. The summed E-state index contributed by atoms with van der Waals surface area (Å²) in [6.45, 7) is 0. The zero-order chi connectivity index (χ0) is 18.5. The molecule has 1 aliphatic rings. The average molecular weight is 354 g/mol. The van der Waals surface area contributed by atoms with Crippen LogP contribution in [0.1, 0.15) is 18.4 Å². The third kappa shape index (κ3) is 4.53. The third-order valence-electron chi connectivity index (χ3n) is 4.22. The molecule has 2 aromatic rings. The fourth-order valence-electron chi connectivity index (χ4n) is 2.62. The molecular weight excluding hydrogens is 332 g/mol. The molecule has 26 heavy (non-hydrogen) atoms. The van der Waals surface area contributed by atoms with Crippen LogP contribution in [0.15, 0.2) is 42.5 Å². The average Bonchev–Trinajstić information content (AvgIpc) is 3.48. The summed E-state index contributed by atoms with van der Waals surface area (Å²) in [4.78, 5) is 24.1. The number of benzene rings is 2. The number of hydrogen-bond donors (Lipinski definition) is 2. The summed E-state index contributed by atoms with van der Waals surface area (Å²) >= 11 is 0. The number of methoxy groups -OCH3 is 2. The van der Waals surface area contributed by atoms with Gasteiger partial charge in [0.1, 0.15) is 11.5 Å². The fourth-order valence-corrected chi connectivity index (χ4v) is 2.62. The molecule has 0 bridgehead atoms. The summed E-state index contributed by atoms with van der Waals surface area (Å²) in [5.74, 6) is 1.37. The molecule has 0 unspecified atom stereocenters. The Morgan fingerprint density at radius 2 is 1.62 bits per heavy atom. The molecular formula is C20H22N2O4. The summed E-state index contributed by atoms with van der Waals surface area (Å²) < 4.78 is 10.5. The van der Waals surface area contributed by atoms with Crippen molar-refractivity contribution in [3.8, 4) is 11.5 Å². The quantitative estimate of drug-likeness (QED) is 0.800. The Kier molecular flexibility index (Phi) is 5.41. The molecule has 1 fully saturated rings. The van der Waals surface area contributed by atoms with Crippen LogP contribution in [0.2, 0.25) is 0 Å². The van der Waals surface area contributed by atoms with Gasteiger partial charge in [-0.05, 0) is 55.3 Å². The van der Waals surface area contributed by atoms with E-state index in [1.54, 1.807) is 56.7 Å². The number of carbonyl (C=O) groups is 2. The van der Waals surface area contributed by atoms with E-state index < -0.39 is 0 Å². The SMILES string of the molecule is COc1ccc(OC)c(CC(=O)Nc2ccc(NC(=O)C3CC3)cc2)c1. The highest BCUT2D eigenvalue weighted by Crippen LogP contribution is 2.30. The molecule has 2 aromatic carbocycles. The van der Waals surface area contributed by atoms with Crippen LogP contribution in [0, 0.1) is 5.92 Å². The number of nitrogens with one attached hydrogen (secondary N) is 2. The standard InChI is InChI=1S/C20H22N2O4/c1-25-17-9-10-18(26-2)14(11-17)12-19(23)21-15-5-7-16(8-6-15)22-20(24)13-3-4-13/h5-11,13H,3-4,12H2,1-2H3,(H,21,23)(H,22,24). The minimum absolute atomic E-state index is 0.0619. The van der Waals surface area contributed by atoms with Gasteiger partial charge in [-0.3, -0.25) is 9.59 Å². The van der Waals surface area contributed by atoms with Crippen molar-refractivity contribution in [2.24, 2.45) is 5.92 Å². The Balaban J connectivity index is 1.60. The lowest BCUT2D eigenvalue weighted by Gasteiger charge is -2.11. The fraction of sp³-hybridized carbons (Fsp3) is 0.300. The Morgan fingerprint density at radius 1 is 0.962 bits per heavy atom. The molecule has 6 nitrogen and oxygen atoms in total. The number of ether oxygens (including phenoxy) is 2. The van der Waals surface area contributed by atoms with Crippen LogP contribution in [-0.2, 0) is 16.0 Å². The molecule has 0 aliphatic heterocycles. The Bertz CT molecular complexity index is 798. The van der Waals surface area contributed by atoms with Gasteiger partial charge < -0.3 is 20.1 Å². The van der Waals surface area contributed by atoms with Crippen molar-refractivity contribution < 1.29 is 19.1 Å². The van der Waals surface area contributed by atoms with Crippen molar-refractivity contribution in [1.29, 1.82) is 0 Å². The maximum atomic E-state index is 12.3. The van der Waals surface area contributed by atoms with Crippen molar-refractivity contribution in [3.63, 3.8) is 0 Å². The number of carbonyl (C=O) groups excluding carboxylic acids is 2. The summed E-state index contributed by atoms with van der Waals surface area (Å²) in [5.41, 5.74) is 2.15. The largest absolute Gasteiger partial charge is 0.497 e. The first-order valence-electron chi connectivity index (χ1n) is 8.50. The second-order valence-electron chi connectivity index (χ2n) is 6.24. The molecule has 1 aliphatic carbocycles. The maximum absolute atomic E-state index is 12.3. The van der Waals surface area contributed by atoms with Crippen molar-refractivity contribution in [3.05, 3.63) is 48.0 Å². The Hall–Kier alpha value is -3.02. The van der Waals surface area contributed by atoms with E-state index in [-0.39, 0.29) is 24.2 Å². The van der Waals surface area contributed by atoms with E-state index in [2.05, 4.69) is 10.6 Å². The van der Waals surface area contributed by atoms with E-state index >= 15 is 0 Å². The van der Waals surface area contributed by atoms with E-state index in [4.69, 9.17) is 9.47 Å². The third-order valence-corrected chi connectivity index (χ3v) is 4.22. The van der Waals surface area contributed by atoms with Crippen LogP contribution >= 0.6 is 0 Å². The molecule has 2 amide bonds. The summed E-state index contributed by atoms with van der Waals surface area (Å²) in [7, 11) is 3.15. The van der Waals surface area contributed by atoms with Crippen LogP contribution in [0.25, 0.3) is 0 Å². The van der Waals surface area contributed by atoms with Gasteiger partial charge >= 0.3 is 0 Å². The molecule has 0 heterocycles. The van der Waals surface area contributed by atoms with Crippen LogP contribution in [-0.4, -0.2) is 26.0 Å².